The van der Waals surface area contributed by atoms with Gasteiger partial charge in [0.25, 0.3) is 0 Å². The highest BCUT2D eigenvalue weighted by molar-refractivity contribution is 5.76. The third-order valence-electron chi connectivity index (χ3n) is 3.76. The molecule has 1 atom stereocenters. The maximum Gasteiger partial charge on any atom is 0.224 e. The molecule has 1 unspecified atom stereocenters. The number of amides is 1. The fraction of sp³-hybridized carbons (Fsp3) is 0.786. The van der Waals surface area contributed by atoms with Crippen LogP contribution >= 0.6 is 0 Å². The molecule has 1 N–H and O–H groups in total. The monoisotopic (exact) mass is 279 g/mol. The van der Waals surface area contributed by atoms with Crippen LogP contribution < -0.4 is 5.32 Å². The maximum absolute atomic E-state index is 12.4. The van der Waals surface area contributed by atoms with Gasteiger partial charge >= 0.3 is 0 Å². The molecule has 6 nitrogen and oxygen atoms in total. The van der Waals surface area contributed by atoms with Crippen molar-refractivity contribution >= 4 is 5.91 Å². The van der Waals surface area contributed by atoms with Crippen LogP contribution in [0.3, 0.4) is 0 Å². The topological polar surface area (TPSA) is 63.1 Å². The molecule has 1 aliphatic rings. The fourth-order valence-corrected chi connectivity index (χ4v) is 2.56. The minimum atomic E-state index is 0.225. The zero-order valence-electron chi connectivity index (χ0n) is 12.3. The van der Waals surface area contributed by atoms with Gasteiger partial charge in [-0.15, -0.1) is 0 Å². The molecule has 0 radical (unpaired) electrons. The Morgan fingerprint density at radius 1 is 1.55 bits per heavy atom. The molecule has 112 valence electrons. The predicted molar refractivity (Wildman–Crippen MR) is 77.2 cm³/mol. The number of rotatable bonds is 8. The molecule has 20 heavy (non-hydrogen) atoms. The van der Waals surface area contributed by atoms with Gasteiger partial charge in [-0.1, -0.05) is 13.3 Å². The predicted octanol–water partition coefficient (Wildman–Crippen LogP) is 1.05. The summed E-state index contributed by atoms with van der Waals surface area (Å²) in [5, 5.41) is 7.50. The highest BCUT2D eigenvalue weighted by Gasteiger charge is 2.20. The molecule has 1 fully saturated rings. The maximum atomic E-state index is 12.4. The summed E-state index contributed by atoms with van der Waals surface area (Å²) in [5.41, 5.74) is 0. The van der Waals surface area contributed by atoms with Crippen LogP contribution in [0.15, 0.2) is 12.7 Å². The second-order valence-corrected chi connectivity index (χ2v) is 5.40. The molecule has 0 spiro atoms. The Hall–Kier alpha value is -1.43. The molecule has 0 aliphatic carbocycles. The molecule has 0 saturated carbocycles. The van der Waals surface area contributed by atoms with Crippen LogP contribution in [0.5, 0.6) is 0 Å². The third-order valence-corrected chi connectivity index (χ3v) is 3.76. The van der Waals surface area contributed by atoms with Crippen molar-refractivity contribution in [2.45, 2.75) is 51.6 Å². The van der Waals surface area contributed by atoms with Crippen molar-refractivity contribution in [3.05, 3.63) is 12.7 Å². The Morgan fingerprint density at radius 2 is 2.45 bits per heavy atom. The van der Waals surface area contributed by atoms with E-state index in [1.807, 2.05) is 4.90 Å². The average Bonchev–Trinajstić information content (AvgIpc) is 3.13. The Balaban J connectivity index is 1.81. The lowest BCUT2D eigenvalue weighted by Gasteiger charge is -2.26. The molecule has 2 heterocycles. The smallest absolute Gasteiger partial charge is 0.224 e. The number of carbonyl (C=O) groups is 1. The molecular formula is C14H25N5O. The minimum Gasteiger partial charge on any atom is -0.341 e. The van der Waals surface area contributed by atoms with Crippen LogP contribution in [0, 0.1) is 0 Å². The molecule has 6 heteroatoms. The summed E-state index contributed by atoms with van der Waals surface area (Å²) in [7, 11) is 0. The van der Waals surface area contributed by atoms with Crippen molar-refractivity contribution in [3.8, 4) is 0 Å². The highest BCUT2D eigenvalue weighted by atomic mass is 16.2. The molecule has 1 aliphatic heterocycles. The number of hydrogen-bond acceptors (Lipinski definition) is 4. The van der Waals surface area contributed by atoms with E-state index >= 15 is 0 Å². The Bertz CT molecular complexity index is 386. The standard InChI is InChI=1S/C14H25N5O/c1-2-3-8-18(10-13-5-4-7-16-13)14(20)6-9-19-12-15-11-17-19/h11-13,16H,2-10H2,1H3. The molecule has 1 aromatic rings. The number of unbranched alkanes of at least 4 members (excludes halogenated alkanes) is 1. The van der Waals surface area contributed by atoms with Crippen LogP contribution in [-0.2, 0) is 11.3 Å². The van der Waals surface area contributed by atoms with Gasteiger partial charge in [0.05, 0.1) is 6.54 Å². The molecule has 1 saturated heterocycles. The zero-order chi connectivity index (χ0) is 14.2. The lowest BCUT2D eigenvalue weighted by atomic mass is 10.2. The number of aryl methyl sites for hydroxylation is 1. The van der Waals surface area contributed by atoms with Crippen LogP contribution in [0.25, 0.3) is 0 Å². The van der Waals surface area contributed by atoms with E-state index in [2.05, 4.69) is 22.3 Å². The molecule has 0 aromatic carbocycles. The summed E-state index contributed by atoms with van der Waals surface area (Å²) in [4.78, 5) is 18.3. The first-order chi connectivity index (χ1) is 9.79. The molecule has 1 aromatic heterocycles. The van der Waals surface area contributed by atoms with Crippen LogP contribution in [0.1, 0.15) is 39.0 Å². The van der Waals surface area contributed by atoms with E-state index in [0.29, 0.717) is 19.0 Å². The second-order valence-electron chi connectivity index (χ2n) is 5.40. The van der Waals surface area contributed by atoms with E-state index in [-0.39, 0.29) is 5.91 Å². The van der Waals surface area contributed by atoms with Gasteiger partial charge in [0, 0.05) is 25.6 Å². The van der Waals surface area contributed by atoms with Crippen LogP contribution in [0.2, 0.25) is 0 Å². The minimum absolute atomic E-state index is 0.225. The normalized spacial score (nSPS) is 18.4. The van der Waals surface area contributed by atoms with E-state index in [9.17, 15) is 4.79 Å². The molecular weight excluding hydrogens is 254 g/mol. The van der Waals surface area contributed by atoms with E-state index in [1.54, 1.807) is 11.0 Å². The highest BCUT2D eigenvalue weighted by Crippen LogP contribution is 2.09. The van der Waals surface area contributed by atoms with Crippen molar-refractivity contribution in [1.29, 1.82) is 0 Å². The summed E-state index contributed by atoms with van der Waals surface area (Å²) in [6.07, 6.45) is 8.24. The van der Waals surface area contributed by atoms with Gasteiger partial charge in [0.2, 0.25) is 5.91 Å². The van der Waals surface area contributed by atoms with E-state index in [0.717, 1.165) is 32.5 Å². The van der Waals surface area contributed by atoms with Gasteiger partial charge in [0.15, 0.2) is 0 Å². The second kappa shape index (κ2) is 7.99. The molecule has 0 bridgehead atoms. The van der Waals surface area contributed by atoms with Crippen molar-refractivity contribution < 1.29 is 4.79 Å². The summed E-state index contributed by atoms with van der Waals surface area (Å²) < 4.78 is 1.71. The quantitative estimate of drug-likeness (QED) is 0.772. The van der Waals surface area contributed by atoms with Gasteiger partial charge < -0.3 is 10.2 Å². The van der Waals surface area contributed by atoms with E-state index in [1.165, 1.54) is 19.2 Å². The Kier molecular flexibility index (Phi) is 5.98. The summed E-state index contributed by atoms with van der Waals surface area (Å²) >= 11 is 0. The Labute approximate surface area is 120 Å². The van der Waals surface area contributed by atoms with Crippen molar-refractivity contribution in [2.24, 2.45) is 0 Å². The van der Waals surface area contributed by atoms with Gasteiger partial charge in [-0.3, -0.25) is 9.48 Å². The first kappa shape index (κ1) is 15.0. The number of aromatic nitrogens is 3. The molecule has 2 rings (SSSR count). The van der Waals surface area contributed by atoms with Gasteiger partial charge in [-0.25, -0.2) is 4.98 Å². The largest absolute Gasteiger partial charge is 0.341 e. The lowest BCUT2D eigenvalue weighted by Crippen LogP contribution is -2.41. The van der Waals surface area contributed by atoms with Crippen molar-refractivity contribution in [2.75, 3.05) is 19.6 Å². The number of nitrogens with one attached hydrogen (secondary N) is 1. The summed E-state index contributed by atoms with van der Waals surface area (Å²) in [6, 6.07) is 0.474. The van der Waals surface area contributed by atoms with Gasteiger partial charge in [0.1, 0.15) is 12.7 Å². The van der Waals surface area contributed by atoms with Gasteiger partial charge in [-0.2, -0.15) is 5.10 Å². The number of hydrogen-bond donors (Lipinski definition) is 1. The van der Waals surface area contributed by atoms with Gasteiger partial charge in [-0.05, 0) is 25.8 Å². The third kappa shape index (κ3) is 4.59. The Morgan fingerprint density at radius 3 is 3.10 bits per heavy atom. The lowest BCUT2D eigenvalue weighted by molar-refractivity contribution is -0.131. The van der Waals surface area contributed by atoms with E-state index in [4.69, 9.17) is 0 Å². The first-order valence-corrected chi connectivity index (χ1v) is 7.63. The zero-order valence-corrected chi connectivity index (χ0v) is 12.3. The number of carbonyl (C=O) groups excluding carboxylic acids is 1. The molecule has 1 amide bonds. The SMILES string of the molecule is CCCCN(CC1CCCN1)C(=O)CCn1cncn1. The fourth-order valence-electron chi connectivity index (χ4n) is 2.56. The first-order valence-electron chi connectivity index (χ1n) is 7.63. The van der Waals surface area contributed by atoms with Crippen molar-refractivity contribution in [3.63, 3.8) is 0 Å². The number of nitrogens with zero attached hydrogens (tertiary/aromatic N) is 4. The summed E-state index contributed by atoms with van der Waals surface area (Å²) in [5.74, 6) is 0.225. The summed E-state index contributed by atoms with van der Waals surface area (Å²) in [6.45, 7) is 5.56. The van der Waals surface area contributed by atoms with Crippen LogP contribution in [0.4, 0.5) is 0 Å². The van der Waals surface area contributed by atoms with Crippen molar-refractivity contribution in [1.82, 2.24) is 25.0 Å². The van der Waals surface area contributed by atoms with Crippen LogP contribution in [-0.4, -0.2) is 51.2 Å². The van der Waals surface area contributed by atoms with E-state index < -0.39 is 0 Å². The average molecular weight is 279 g/mol.